The fourth-order valence-electron chi connectivity index (χ4n) is 3.54. The number of anilines is 2. The third-order valence-corrected chi connectivity index (χ3v) is 4.88. The molecule has 2 aromatic carbocycles. The van der Waals surface area contributed by atoms with E-state index in [1.54, 1.807) is 23.1 Å². The molecule has 142 valence electrons. The molecule has 1 aromatic heterocycles. The quantitative estimate of drug-likeness (QED) is 0.517. The first-order valence-electron chi connectivity index (χ1n) is 8.87. The van der Waals surface area contributed by atoms with Gasteiger partial charge in [0.1, 0.15) is 0 Å². The number of halogens is 2. The van der Waals surface area contributed by atoms with Crippen LogP contribution in [0, 0.1) is 25.5 Å². The molecule has 0 saturated heterocycles. The van der Waals surface area contributed by atoms with Crippen molar-refractivity contribution in [1.29, 1.82) is 0 Å². The summed E-state index contributed by atoms with van der Waals surface area (Å²) < 4.78 is 26.8. The predicted octanol–water partition coefficient (Wildman–Crippen LogP) is 4.58. The van der Waals surface area contributed by atoms with Gasteiger partial charge >= 0.3 is 0 Å². The van der Waals surface area contributed by atoms with Gasteiger partial charge in [-0.25, -0.2) is 8.78 Å². The summed E-state index contributed by atoms with van der Waals surface area (Å²) in [6.07, 6.45) is 1.81. The van der Waals surface area contributed by atoms with Crippen LogP contribution in [0.15, 0.2) is 42.5 Å². The summed E-state index contributed by atoms with van der Waals surface area (Å²) in [5.74, 6) is -2.06. The molecule has 2 heterocycles. The fourth-order valence-corrected chi connectivity index (χ4v) is 3.54. The molecule has 0 bridgehead atoms. The molecule has 0 saturated carbocycles. The van der Waals surface area contributed by atoms with Gasteiger partial charge < -0.3 is 15.6 Å². The number of carbonyl (C=O) groups excluding carboxylic acids is 1. The lowest BCUT2D eigenvalue weighted by Gasteiger charge is -2.17. The molecular weight excluding hydrogens is 360 g/mol. The zero-order valence-corrected chi connectivity index (χ0v) is 15.5. The number of aryl methyl sites for hydroxylation is 2. The molecule has 4 rings (SSSR count). The Balaban J connectivity index is 1.78. The lowest BCUT2D eigenvalue weighted by Crippen LogP contribution is -2.25. The van der Waals surface area contributed by atoms with E-state index in [0.717, 1.165) is 34.6 Å². The standard InChI is InChI=1S/C22H19F2N3O/c1-12-7-13(2)26-20(12)10-17-16-9-15(25)4-6-21(16)27(22(17)28)11-14-3-5-18(23)19(24)8-14/h3-10,26H,11,25H2,1-2H3/b17-10-. The van der Waals surface area contributed by atoms with Crippen LogP contribution in [-0.2, 0) is 11.3 Å². The monoisotopic (exact) mass is 379 g/mol. The van der Waals surface area contributed by atoms with Gasteiger partial charge in [0.25, 0.3) is 5.91 Å². The average Bonchev–Trinajstić information content (AvgIpc) is 3.09. The van der Waals surface area contributed by atoms with Crippen molar-refractivity contribution in [2.24, 2.45) is 0 Å². The van der Waals surface area contributed by atoms with Crippen molar-refractivity contribution in [3.63, 3.8) is 0 Å². The van der Waals surface area contributed by atoms with Gasteiger partial charge in [-0.2, -0.15) is 0 Å². The summed E-state index contributed by atoms with van der Waals surface area (Å²) in [6, 6.07) is 10.9. The lowest BCUT2D eigenvalue weighted by atomic mass is 10.0. The second-order valence-corrected chi connectivity index (χ2v) is 7.02. The minimum Gasteiger partial charge on any atom is -0.399 e. The zero-order chi connectivity index (χ0) is 20.0. The third kappa shape index (κ3) is 3.07. The van der Waals surface area contributed by atoms with E-state index in [2.05, 4.69) is 4.98 Å². The smallest absolute Gasteiger partial charge is 0.259 e. The maximum absolute atomic E-state index is 13.6. The Morgan fingerprint density at radius 1 is 1.07 bits per heavy atom. The van der Waals surface area contributed by atoms with Crippen LogP contribution in [0.3, 0.4) is 0 Å². The molecule has 3 aromatic rings. The Bertz CT molecular complexity index is 1130. The van der Waals surface area contributed by atoms with E-state index in [4.69, 9.17) is 5.73 Å². The van der Waals surface area contributed by atoms with Gasteiger partial charge in [0.05, 0.1) is 17.8 Å². The van der Waals surface area contributed by atoms with Crippen LogP contribution in [-0.4, -0.2) is 10.9 Å². The van der Waals surface area contributed by atoms with Gasteiger partial charge in [0.15, 0.2) is 11.6 Å². The van der Waals surface area contributed by atoms with Crippen molar-refractivity contribution in [3.05, 3.63) is 82.2 Å². The molecule has 0 unspecified atom stereocenters. The number of benzene rings is 2. The number of hydrogen-bond acceptors (Lipinski definition) is 2. The minimum atomic E-state index is -0.935. The number of aromatic amines is 1. The summed E-state index contributed by atoms with van der Waals surface area (Å²) in [6.45, 7) is 4.05. The first kappa shape index (κ1) is 18.0. The number of fused-ring (bicyclic) bond motifs is 1. The van der Waals surface area contributed by atoms with Gasteiger partial charge in [-0.3, -0.25) is 4.79 Å². The Morgan fingerprint density at radius 3 is 2.54 bits per heavy atom. The molecule has 0 fully saturated rings. The van der Waals surface area contributed by atoms with Crippen molar-refractivity contribution in [2.75, 3.05) is 10.6 Å². The van der Waals surface area contributed by atoms with E-state index in [0.29, 0.717) is 22.5 Å². The van der Waals surface area contributed by atoms with Crippen LogP contribution in [0.2, 0.25) is 0 Å². The first-order valence-corrected chi connectivity index (χ1v) is 8.87. The van der Waals surface area contributed by atoms with Crippen LogP contribution in [0.1, 0.15) is 28.1 Å². The fraction of sp³-hybridized carbons (Fsp3) is 0.136. The number of aromatic nitrogens is 1. The molecule has 1 aliphatic rings. The molecule has 1 aliphatic heterocycles. The molecule has 6 heteroatoms. The highest BCUT2D eigenvalue weighted by Crippen LogP contribution is 2.40. The van der Waals surface area contributed by atoms with E-state index < -0.39 is 11.6 Å². The second-order valence-electron chi connectivity index (χ2n) is 7.02. The van der Waals surface area contributed by atoms with Gasteiger partial charge in [-0.05, 0) is 67.4 Å². The van der Waals surface area contributed by atoms with Crippen LogP contribution in [0.4, 0.5) is 20.2 Å². The van der Waals surface area contributed by atoms with Crippen molar-refractivity contribution in [1.82, 2.24) is 4.98 Å². The summed E-state index contributed by atoms with van der Waals surface area (Å²) in [5.41, 5.74) is 11.8. The van der Waals surface area contributed by atoms with E-state index >= 15 is 0 Å². The van der Waals surface area contributed by atoms with Crippen molar-refractivity contribution in [2.45, 2.75) is 20.4 Å². The maximum Gasteiger partial charge on any atom is 0.259 e. The number of H-pyrrole nitrogens is 1. The highest BCUT2D eigenvalue weighted by atomic mass is 19.2. The van der Waals surface area contributed by atoms with Crippen molar-refractivity contribution in [3.8, 4) is 0 Å². The van der Waals surface area contributed by atoms with Crippen LogP contribution in [0.5, 0.6) is 0 Å². The zero-order valence-electron chi connectivity index (χ0n) is 15.5. The summed E-state index contributed by atoms with van der Waals surface area (Å²) in [4.78, 5) is 18.0. The average molecular weight is 379 g/mol. The number of carbonyl (C=O) groups is 1. The molecular formula is C22H19F2N3O. The van der Waals surface area contributed by atoms with Crippen molar-refractivity contribution >= 4 is 28.9 Å². The highest BCUT2D eigenvalue weighted by molar-refractivity contribution is 6.35. The summed E-state index contributed by atoms with van der Waals surface area (Å²) >= 11 is 0. The Hall–Kier alpha value is -3.41. The Kier molecular flexibility index (Phi) is 4.26. The highest BCUT2D eigenvalue weighted by Gasteiger charge is 2.32. The normalized spacial score (nSPS) is 14.8. The molecule has 3 N–H and O–H groups in total. The second kappa shape index (κ2) is 6.64. The number of nitrogen functional groups attached to an aromatic ring is 1. The maximum atomic E-state index is 13.6. The topological polar surface area (TPSA) is 62.1 Å². The Labute approximate surface area is 161 Å². The third-order valence-electron chi connectivity index (χ3n) is 4.88. The largest absolute Gasteiger partial charge is 0.399 e. The van der Waals surface area contributed by atoms with Gasteiger partial charge in [0.2, 0.25) is 0 Å². The van der Waals surface area contributed by atoms with E-state index in [1.165, 1.54) is 6.07 Å². The van der Waals surface area contributed by atoms with Gasteiger partial charge in [0, 0.05) is 22.6 Å². The van der Waals surface area contributed by atoms with E-state index in [9.17, 15) is 13.6 Å². The molecule has 0 radical (unpaired) electrons. The number of rotatable bonds is 3. The lowest BCUT2D eigenvalue weighted by molar-refractivity contribution is -0.113. The SMILES string of the molecule is Cc1cc(C)c(/C=C2\C(=O)N(Cc3ccc(F)c(F)c3)c3ccc(N)cc32)[nH]1. The molecule has 0 atom stereocenters. The predicted molar refractivity (Wildman–Crippen MR) is 107 cm³/mol. The van der Waals surface area contributed by atoms with Crippen molar-refractivity contribution < 1.29 is 13.6 Å². The number of amides is 1. The van der Waals surface area contributed by atoms with E-state index in [1.807, 2.05) is 26.0 Å². The van der Waals surface area contributed by atoms with Gasteiger partial charge in [-0.1, -0.05) is 6.07 Å². The number of nitrogens with zero attached hydrogens (tertiary/aromatic N) is 1. The summed E-state index contributed by atoms with van der Waals surface area (Å²) in [7, 11) is 0. The summed E-state index contributed by atoms with van der Waals surface area (Å²) in [5, 5.41) is 0. The molecule has 1 amide bonds. The van der Waals surface area contributed by atoms with Crippen LogP contribution in [0.25, 0.3) is 11.6 Å². The number of nitrogens with two attached hydrogens (primary N) is 1. The van der Waals surface area contributed by atoms with Crippen LogP contribution >= 0.6 is 0 Å². The van der Waals surface area contributed by atoms with E-state index in [-0.39, 0.29) is 12.5 Å². The minimum absolute atomic E-state index is 0.132. The molecule has 28 heavy (non-hydrogen) atoms. The van der Waals surface area contributed by atoms with Crippen LogP contribution < -0.4 is 10.6 Å². The molecule has 0 spiro atoms. The number of nitrogens with one attached hydrogen (secondary N) is 1. The Morgan fingerprint density at radius 2 is 1.86 bits per heavy atom. The van der Waals surface area contributed by atoms with Gasteiger partial charge in [-0.15, -0.1) is 0 Å². The first-order chi connectivity index (χ1) is 13.3. The number of hydrogen-bond donors (Lipinski definition) is 2. The molecule has 0 aliphatic carbocycles. The molecule has 4 nitrogen and oxygen atoms in total.